The van der Waals surface area contributed by atoms with Crippen molar-refractivity contribution in [3.8, 4) is 85.4 Å². The topological polar surface area (TPSA) is 104 Å². The molecular formula is C59H34N6O. The van der Waals surface area contributed by atoms with Gasteiger partial charge in [0.25, 0.3) is 0 Å². The minimum Gasteiger partial charge on any atom is -0.456 e. The van der Waals surface area contributed by atoms with Gasteiger partial charge >= 0.3 is 0 Å². The summed E-state index contributed by atoms with van der Waals surface area (Å²) in [6, 6.07) is 74.0. The van der Waals surface area contributed by atoms with Crippen LogP contribution in [0.15, 0.2) is 211 Å². The maximum absolute atomic E-state index is 9.84. The Morgan fingerprint density at radius 3 is 1.39 bits per heavy atom. The predicted molar refractivity (Wildman–Crippen MR) is 263 cm³/mol. The lowest BCUT2D eigenvalue weighted by Crippen LogP contribution is -2.04. The van der Waals surface area contributed by atoms with E-state index in [-0.39, 0.29) is 0 Å². The Kier molecular flexibility index (Phi) is 9.12. The van der Waals surface area contributed by atoms with Crippen molar-refractivity contribution in [1.29, 1.82) is 10.5 Å². The van der Waals surface area contributed by atoms with E-state index in [1.54, 1.807) is 0 Å². The summed E-state index contributed by atoms with van der Waals surface area (Å²) in [6.07, 6.45) is 0. The molecule has 7 heteroatoms. The zero-order valence-corrected chi connectivity index (χ0v) is 35.2. The number of aromatic nitrogens is 4. The second-order valence-electron chi connectivity index (χ2n) is 16.3. The molecule has 3 aromatic heterocycles. The maximum Gasteiger partial charge on any atom is 0.166 e. The summed E-state index contributed by atoms with van der Waals surface area (Å²) in [7, 11) is 0. The SMILES string of the molecule is N#Cc1cccc(-c2ccc3c4ccc(-c5cccc(C#N)c5)cc4n(-c4ccc(-c5ccc6c(c5)oc5ccccc56)cc4-c4nc(-c5ccccc5)nc(-c5ccccc5)n4)c3c2)c1. The molecule has 0 saturated carbocycles. The second-order valence-corrected chi connectivity index (χ2v) is 16.3. The van der Waals surface area contributed by atoms with Gasteiger partial charge in [-0.2, -0.15) is 10.5 Å². The van der Waals surface area contributed by atoms with E-state index in [9.17, 15) is 10.5 Å². The Morgan fingerprint density at radius 2 is 0.803 bits per heavy atom. The van der Waals surface area contributed by atoms with Gasteiger partial charge in [-0.15, -0.1) is 0 Å². The van der Waals surface area contributed by atoms with Gasteiger partial charge in [-0.3, -0.25) is 0 Å². The van der Waals surface area contributed by atoms with E-state index in [0.29, 0.717) is 28.6 Å². The Labute approximate surface area is 379 Å². The van der Waals surface area contributed by atoms with Crippen molar-refractivity contribution in [3.63, 3.8) is 0 Å². The van der Waals surface area contributed by atoms with Gasteiger partial charge in [0, 0.05) is 38.2 Å². The van der Waals surface area contributed by atoms with Gasteiger partial charge in [0.1, 0.15) is 11.2 Å². The lowest BCUT2D eigenvalue weighted by atomic mass is 9.99. The first-order valence-electron chi connectivity index (χ1n) is 21.6. The van der Waals surface area contributed by atoms with Crippen molar-refractivity contribution in [2.45, 2.75) is 0 Å². The molecule has 0 saturated heterocycles. The van der Waals surface area contributed by atoms with Gasteiger partial charge in [-0.05, 0) is 100 Å². The molecule has 0 aliphatic carbocycles. The monoisotopic (exact) mass is 842 g/mol. The molecule has 0 amide bonds. The third-order valence-electron chi connectivity index (χ3n) is 12.3. The molecule has 9 aromatic carbocycles. The van der Waals surface area contributed by atoms with Gasteiger partial charge in [0.2, 0.25) is 0 Å². The number of benzene rings is 9. The summed E-state index contributed by atoms with van der Waals surface area (Å²) >= 11 is 0. The van der Waals surface area contributed by atoms with Crippen molar-refractivity contribution >= 4 is 43.7 Å². The van der Waals surface area contributed by atoms with E-state index in [1.165, 1.54) is 0 Å². The molecule has 0 N–H and O–H groups in total. The van der Waals surface area contributed by atoms with E-state index >= 15 is 0 Å². The van der Waals surface area contributed by atoms with Gasteiger partial charge < -0.3 is 8.98 Å². The van der Waals surface area contributed by atoms with Crippen LogP contribution in [0, 0.1) is 22.7 Å². The second kappa shape index (κ2) is 15.7. The molecule has 0 radical (unpaired) electrons. The number of hydrogen-bond donors (Lipinski definition) is 0. The number of nitriles is 2. The van der Waals surface area contributed by atoms with Crippen LogP contribution in [0.4, 0.5) is 0 Å². The highest BCUT2D eigenvalue weighted by molar-refractivity contribution is 6.12. The normalized spacial score (nSPS) is 11.3. The molecule has 0 aliphatic heterocycles. The lowest BCUT2D eigenvalue weighted by molar-refractivity contribution is 0.669. The van der Waals surface area contributed by atoms with Gasteiger partial charge in [-0.25, -0.2) is 15.0 Å². The number of hydrogen-bond acceptors (Lipinski definition) is 6. The number of rotatable bonds is 7. The third kappa shape index (κ3) is 6.64. The van der Waals surface area contributed by atoms with Crippen LogP contribution in [0.5, 0.6) is 0 Å². The Balaban J connectivity index is 1.17. The molecule has 306 valence electrons. The number of nitrogens with zero attached hydrogens (tertiary/aromatic N) is 6. The molecule has 0 aliphatic rings. The van der Waals surface area contributed by atoms with E-state index in [4.69, 9.17) is 19.4 Å². The first-order valence-corrected chi connectivity index (χ1v) is 21.6. The maximum atomic E-state index is 9.84. The van der Waals surface area contributed by atoms with Crippen LogP contribution >= 0.6 is 0 Å². The molecule has 0 atom stereocenters. The van der Waals surface area contributed by atoms with Gasteiger partial charge in [-0.1, -0.05) is 140 Å². The highest BCUT2D eigenvalue weighted by Crippen LogP contribution is 2.42. The van der Waals surface area contributed by atoms with Crippen LogP contribution < -0.4 is 0 Å². The minimum absolute atomic E-state index is 0.509. The van der Waals surface area contributed by atoms with Crippen molar-refractivity contribution in [2.24, 2.45) is 0 Å². The quantitative estimate of drug-likeness (QED) is 0.158. The lowest BCUT2D eigenvalue weighted by Gasteiger charge is -2.17. The zero-order valence-electron chi connectivity index (χ0n) is 35.2. The minimum atomic E-state index is 0.509. The van der Waals surface area contributed by atoms with Crippen LogP contribution in [0.25, 0.3) is 117 Å². The smallest absolute Gasteiger partial charge is 0.166 e. The summed E-state index contributed by atoms with van der Waals surface area (Å²) in [5.41, 5.74) is 13.9. The third-order valence-corrected chi connectivity index (χ3v) is 12.3. The number of furan rings is 1. The molecule has 0 fully saturated rings. The fraction of sp³-hybridized carbons (Fsp3) is 0. The fourth-order valence-corrected chi connectivity index (χ4v) is 9.10. The van der Waals surface area contributed by atoms with Crippen molar-refractivity contribution in [1.82, 2.24) is 19.5 Å². The molecule has 3 heterocycles. The molecular weight excluding hydrogens is 809 g/mol. The van der Waals surface area contributed by atoms with Crippen molar-refractivity contribution in [3.05, 3.63) is 217 Å². The summed E-state index contributed by atoms with van der Waals surface area (Å²) in [5, 5.41) is 23.9. The largest absolute Gasteiger partial charge is 0.456 e. The van der Waals surface area contributed by atoms with Gasteiger partial charge in [0.05, 0.1) is 40.0 Å². The standard InChI is InChI=1S/C59H34N6O/c60-35-37-11-9-17-41(29-37)44-21-25-47-48-26-22-45(42-18-10-12-38(30-42)36-61)33-54(48)65(53(47)32-44)52-28-24-43(46-23-27-50-49-19-7-8-20-55(49)66-56(50)34-46)31-51(52)59-63-57(39-13-3-1-4-14-39)62-58(64-59)40-15-5-2-6-16-40/h1-34H. The summed E-state index contributed by atoms with van der Waals surface area (Å²) in [4.78, 5) is 15.7. The highest BCUT2D eigenvalue weighted by Gasteiger charge is 2.22. The molecule has 12 aromatic rings. The van der Waals surface area contributed by atoms with E-state index < -0.39 is 0 Å². The predicted octanol–water partition coefficient (Wildman–Crippen LogP) is 14.6. The summed E-state index contributed by atoms with van der Waals surface area (Å²) in [5.74, 6) is 1.62. The summed E-state index contributed by atoms with van der Waals surface area (Å²) in [6.45, 7) is 0. The molecule has 0 spiro atoms. The van der Waals surface area contributed by atoms with Crippen LogP contribution in [0.3, 0.4) is 0 Å². The fourth-order valence-electron chi connectivity index (χ4n) is 9.10. The molecule has 66 heavy (non-hydrogen) atoms. The Hall–Kier alpha value is -9.43. The Morgan fingerprint density at radius 1 is 0.348 bits per heavy atom. The number of fused-ring (bicyclic) bond motifs is 6. The van der Waals surface area contributed by atoms with E-state index in [2.05, 4.69) is 95.6 Å². The highest BCUT2D eigenvalue weighted by atomic mass is 16.3. The van der Waals surface area contributed by atoms with E-state index in [1.807, 2.05) is 127 Å². The first-order chi connectivity index (χ1) is 32.6. The van der Waals surface area contributed by atoms with Crippen LogP contribution in [0.2, 0.25) is 0 Å². The average Bonchev–Trinajstić information content (AvgIpc) is 3.93. The average molecular weight is 843 g/mol. The Bertz CT molecular complexity index is 3790. The van der Waals surface area contributed by atoms with Gasteiger partial charge in [0.15, 0.2) is 17.5 Å². The molecule has 0 unspecified atom stereocenters. The molecule has 7 nitrogen and oxygen atoms in total. The van der Waals surface area contributed by atoms with E-state index in [0.717, 1.165) is 99.5 Å². The molecule has 0 bridgehead atoms. The van der Waals surface area contributed by atoms with Crippen molar-refractivity contribution in [2.75, 3.05) is 0 Å². The van der Waals surface area contributed by atoms with Crippen molar-refractivity contribution < 1.29 is 4.42 Å². The van der Waals surface area contributed by atoms with Crippen LogP contribution in [-0.2, 0) is 0 Å². The van der Waals surface area contributed by atoms with Crippen LogP contribution in [0.1, 0.15) is 11.1 Å². The van der Waals surface area contributed by atoms with Crippen LogP contribution in [-0.4, -0.2) is 19.5 Å². The first kappa shape index (κ1) is 38.3. The molecule has 12 rings (SSSR count). The summed E-state index contributed by atoms with van der Waals surface area (Å²) < 4.78 is 8.69. The zero-order chi connectivity index (χ0) is 44.1. The number of para-hydroxylation sites is 1.